The van der Waals surface area contributed by atoms with Crippen LogP contribution in [0.25, 0.3) is 0 Å². The third-order valence-electron chi connectivity index (χ3n) is 3.03. The Bertz CT molecular complexity index is 348. The minimum Gasteiger partial charge on any atom is -0.395 e. The summed E-state index contributed by atoms with van der Waals surface area (Å²) in [5, 5.41) is 9.19. The quantitative estimate of drug-likeness (QED) is 0.740. The molecule has 0 bridgehead atoms. The fourth-order valence-electron chi connectivity index (χ4n) is 1.98. The molecule has 0 radical (unpaired) electrons. The van der Waals surface area contributed by atoms with E-state index in [1.54, 1.807) is 0 Å². The van der Waals surface area contributed by atoms with Crippen molar-refractivity contribution < 1.29 is 18.3 Å². The van der Waals surface area contributed by atoms with Gasteiger partial charge in [-0.1, -0.05) is 13.8 Å². The van der Waals surface area contributed by atoms with Crippen molar-refractivity contribution in [3.05, 3.63) is 0 Å². The van der Waals surface area contributed by atoms with E-state index < -0.39 is 16.3 Å². The Morgan fingerprint density at radius 2 is 1.83 bits per heavy atom. The lowest BCUT2D eigenvalue weighted by Crippen LogP contribution is -2.55. The Hall–Kier alpha value is -0.210. The van der Waals surface area contributed by atoms with E-state index in [4.69, 9.17) is 4.74 Å². The maximum absolute atomic E-state index is 12.2. The number of hydrogen-bond donors (Lipinski definition) is 2. The molecule has 0 saturated carbocycles. The first kappa shape index (κ1) is 15.8. The molecule has 1 aliphatic rings. The van der Waals surface area contributed by atoms with Gasteiger partial charge in [0.2, 0.25) is 0 Å². The van der Waals surface area contributed by atoms with E-state index in [2.05, 4.69) is 4.72 Å². The second-order valence-electron chi connectivity index (χ2n) is 5.23. The highest BCUT2D eigenvalue weighted by molar-refractivity contribution is 7.87. The fraction of sp³-hybridized carbons (Fsp3) is 1.00. The van der Waals surface area contributed by atoms with Gasteiger partial charge in [-0.05, 0) is 19.8 Å². The zero-order valence-electron chi connectivity index (χ0n) is 11.5. The fourth-order valence-corrected chi connectivity index (χ4v) is 3.67. The standard InChI is InChI=1S/C11H24N2O4S/c1-8(2)11(7-14)12-18(15,16)13-5-9(3)17-10(4)6-13/h8-12,14H,5-7H2,1-4H3/t9?,10?,11-/m1/s1. The number of morpholine rings is 1. The van der Waals surface area contributed by atoms with Gasteiger partial charge in [0.25, 0.3) is 10.2 Å². The Morgan fingerprint density at radius 1 is 1.33 bits per heavy atom. The van der Waals surface area contributed by atoms with Crippen LogP contribution >= 0.6 is 0 Å². The van der Waals surface area contributed by atoms with Crippen molar-refractivity contribution in [1.29, 1.82) is 0 Å². The van der Waals surface area contributed by atoms with Crippen molar-refractivity contribution in [3.8, 4) is 0 Å². The molecule has 7 heteroatoms. The van der Waals surface area contributed by atoms with Gasteiger partial charge in [0.15, 0.2) is 0 Å². The number of rotatable bonds is 5. The zero-order valence-corrected chi connectivity index (χ0v) is 12.3. The predicted octanol–water partition coefficient (Wildman–Crippen LogP) is -0.0531. The smallest absolute Gasteiger partial charge is 0.279 e. The van der Waals surface area contributed by atoms with Gasteiger partial charge >= 0.3 is 0 Å². The molecule has 6 nitrogen and oxygen atoms in total. The van der Waals surface area contributed by atoms with Crippen molar-refractivity contribution in [2.45, 2.75) is 45.9 Å². The van der Waals surface area contributed by atoms with Gasteiger partial charge in [0.1, 0.15) is 0 Å². The predicted molar refractivity (Wildman–Crippen MR) is 69.3 cm³/mol. The molecular formula is C11H24N2O4S. The molecule has 1 aliphatic heterocycles. The lowest BCUT2D eigenvalue weighted by atomic mass is 10.1. The van der Waals surface area contributed by atoms with E-state index in [1.165, 1.54) is 4.31 Å². The Labute approximate surface area is 109 Å². The van der Waals surface area contributed by atoms with Crippen molar-refractivity contribution >= 4 is 10.2 Å². The molecule has 2 unspecified atom stereocenters. The highest BCUT2D eigenvalue weighted by atomic mass is 32.2. The number of aliphatic hydroxyl groups is 1. The number of hydrogen-bond acceptors (Lipinski definition) is 4. The van der Waals surface area contributed by atoms with Crippen LogP contribution in [0.3, 0.4) is 0 Å². The van der Waals surface area contributed by atoms with Crippen LogP contribution in [0.2, 0.25) is 0 Å². The summed E-state index contributed by atoms with van der Waals surface area (Å²) in [5.74, 6) is 0.0423. The zero-order chi connectivity index (χ0) is 13.9. The van der Waals surface area contributed by atoms with Crippen LogP contribution in [0.1, 0.15) is 27.7 Å². The van der Waals surface area contributed by atoms with Crippen LogP contribution in [-0.2, 0) is 14.9 Å². The van der Waals surface area contributed by atoms with E-state index in [9.17, 15) is 13.5 Å². The van der Waals surface area contributed by atoms with Gasteiger partial charge in [-0.3, -0.25) is 0 Å². The summed E-state index contributed by atoms with van der Waals surface area (Å²) in [6.07, 6.45) is -0.228. The lowest BCUT2D eigenvalue weighted by Gasteiger charge is -2.35. The highest BCUT2D eigenvalue weighted by Crippen LogP contribution is 2.14. The Kier molecular flexibility index (Phi) is 5.54. The van der Waals surface area contributed by atoms with Crippen LogP contribution in [0.15, 0.2) is 0 Å². The van der Waals surface area contributed by atoms with Gasteiger partial charge in [0, 0.05) is 19.1 Å². The number of nitrogens with one attached hydrogen (secondary N) is 1. The van der Waals surface area contributed by atoms with Crippen molar-refractivity contribution in [2.24, 2.45) is 5.92 Å². The number of nitrogens with zero attached hydrogens (tertiary/aromatic N) is 1. The van der Waals surface area contributed by atoms with E-state index >= 15 is 0 Å². The maximum atomic E-state index is 12.2. The highest BCUT2D eigenvalue weighted by Gasteiger charge is 2.32. The summed E-state index contributed by atoms with van der Waals surface area (Å²) in [6, 6.07) is -0.455. The molecule has 0 spiro atoms. The first-order chi connectivity index (χ1) is 8.26. The molecule has 18 heavy (non-hydrogen) atoms. The van der Waals surface area contributed by atoms with Gasteiger partial charge in [-0.15, -0.1) is 0 Å². The molecule has 0 amide bonds. The average Bonchev–Trinajstić information content (AvgIpc) is 2.24. The van der Waals surface area contributed by atoms with Crippen LogP contribution in [0, 0.1) is 5.92 Å². The normalized spacial score (nSPS) is 28.6. The third kappa shape index (κ3) is 4.17. The summed E-state index contributed by atoms with van der Waals surface area (Å²) in [4.78, 5) is 0. The monoisotopic (exact) mass is 280 g/mol. The van der Waals surface area contributed by atoms with E-state index in [0.717, 1.165) is 0 Å². The minimum atomic E-state index is -3.56. The number of ether oxygens (including phenoxy) is 1. The maximum Gasteiger partial charge on any atom is 0.279 e. The average molecular weight is 280 g/mol. The molecular weight excluding hydrogens is 256 g/mol. The molecule has 3 atom stereocenters. The van der Waals surface area contributed by atoms with Gasteiger partial charge in [-0.2, -0.15) is 17.4 Å². The molecule has 1 rings (SSSR count). The molecule has 1 saturated heterocycles. The molecule has 0 aliphatic carbocycles. The Morgan fingerprint density at radius 3 is 2.22 bits per heavy atom. The van der Waals surface area contributed by atoms with Gasteiger partial charge < -0.3 is 9.84 Å². The number of aliphatic hydroxyl groups excluding tert-OH is 1. The first-order valence-electron chi connectivity index (χ1n) is 6.30. The van der Waals surface area contributed by atoms with Crippen molar-refractivity contribution in [3.63, 3.8) is 0 Å². The van der Waals surface area contributed by atoms with Crippen LogP contribution in [0.5, 0.6) is 0 Å². The second-order valence-corrected chi connectivity index (χ2v) is 6.93. The van der Waals surface area contributed by atoms with Crippen molar-refractivity contribution in [2.75, 3.05) is 19.7 Å². The Balaban J connectivity index is 2.73. The van der Waals surface area contributed by atoms with Crippen molar-refractivity contribution in [1.82, 2.24) is 9.03 Å². The molecule has 0 aromatic heterocycles. The summed E-state index contributed by atoms with van der Waals surface area (Å²) in [6.45, 7) is 7.93. The topological polar surface area (TPSA) is 78.9 Å². The first-order valence-corrected chi connectivity index (χ1v) is 7.74. The van der Waals surface area contributed by atoms with E-state index in [-0.39, 0.29) is 24.7 Å². The summed E-state index contributed by atoms with van der Waals surface area (Å²) in [5.41, 5.74) is 0. The van der Waals surface area contributed by atoms with E-state index in [0.29, 0.717) is 13.1 Å². The molecule has 0 aromatic rings. The molecule has 2 N–H and O–H groups in total. The van der Waals surface area contributed by atoms with Gasteiger partial charge in [0.05, 0.1) is 18.8 Å². The summed E-state index contributed by atoms with van der Waals surface area (Å²) < 4.78 is 33.8. The van der Waals surface area contributed by atoms with Crippen LogP contribution in [-0.4, -0.2) is 55.8 Å². The van der Waals surface area contributed by atoms with E-state index in [1.807, 2.05) is 27.7 Å². The molecule has 108 valence electrons. The van der Waals surface area contributed by atoms with Crippen LogP contribution in [0.4, 0.5) is 0 Å². The second kappa shape index (κ2) is 6.29. The SMILES string of the molecule is CC1CN(S(=O)(=O)N[C@H](CO)C(C)C)CC(C)O1. The largest absolute Gasteiger partial charge is 0.395 e. The van der Waals surface area contributed by atoms with Gasteiger partial charge in [-0.25, -0.2) is 0 Å². The van der Waals surface area contributed by atoms with Crippen LogP contribution < -0.4 is 4.72 Å². The third-order valence-corrected chi connectivity index (χ3v) is 4.61. The summed E-state index contributed by atoms with van der Waals surface area (Å²) in [7, 11) is -3.56. The minimum absolute atomic E-state index is 0.0423. The molecule has 0 aromatic carbocycles. The molecule has 1 heterocycles. The molecule has 1 fully saturated rings. The summed E-state index contributed by atoms with van der Waals surface area (Å²) >= 11 is 0. The lowest BCUT2D eigenvalue weighted by molar-refractivity contribution is -0.0445.